The SMILES string of the molecule is CN(C(=O)c1ccc(SC2COC2)cc1N1CCC(=C(F)F)CC1)c1cccc(SN(C)C(C)(C)C)c1. The van der Waals surface area contributed by atoms with Crippen molar-refractivity contribution in [1.82, 2.24) is 4.31 Å². The summed E-state index contributed by atoms with van der Waals surface area (Å²) in [4.78, 5) is 19.6. The van der Waals surface area contributed by atoms with E-state index in [-0.39, 0.29) is 17.0 Å². The molecule has 2 aliphatic rings. The number of carbonyl (C=O) groups is 1. The summed E-state index contributed by atoms with van der Waals surface area (Å²) in [6, 6.07) is 13.9. The Labute approximate surface area is 227 Å². The first-order valence-electron chi connectivity index (χ1n) is 12.5. The minimum absolute atomic E-state index is 0.00276. The van der Waals surface area contributed by atoms with Gasteiger partial charge in [-0.25, -0.2) is 4.31 Å². The summed E-state index contributed by atoms with van der Waals surface area (Å²) in [6.07, 6.45) is -0.958. The van der Waals surface area contributed by atoms with Gasteiger partial charge in [-0.15, -0.1) is 11.8 Å². The molecule has 2 saturated heterocycles. The second-order valence-electron chi connectivity index (χ2n) is 10.4. The Bertz CT molecular complexity index is 1150. The number of rotatable bonds is 7. The number of benzene rings is 2. The largest absolute Gasteiger partial charge is 0.379 e. The zero-order valence-electron chi connectivity index (χ0n) is 22.1. The van der Waals surface area contributed by atoms with Crippen LogP contribution in [0.15, 0.2) is 63.9 Å². The number of amides is 1. The minimum atomic E-state index is -1.57. The van der Waals surface area contributed by atoms with Gasteiger partial charge in [-0.05, 0) is 94.6 Å². The lowest BCUT2D eigenvalue weighted by Gasteiger charge is -2.33. The normalized spacial score (nSPS) is 16.6. The van der Waals surface area contributed by atoms with Crippen molar-refractivity contribution >= 4 is 41.0 Å². The number of hydrogen-bond donors (Lipinski definition) is 0. The maximum atomic E-state index is 13.8. The number of piperidine rings is 1. The molecule has 0 unspecified atom stereocenters. The van der Waals surface area contributed by atoms with E-state index in [4.69, 9.17) is 4.74 Å². The molecule has 0 atom stereocenters. The van der Waals surface area contributed by atoms with Crippen LogP contribution in [0.25, 0.3) is 0 Å². The summed E-state index contributed by atoms with van der Waals surface area (Å²) in [5, 5.41) is 0.403. The molecule has 2 fully saturated rings. The number of ether oxygens (including phenoxy) is 1. The molecule has 0 radical (unpaired) electrons. The number of carbonyl (C=O) groups excluding carboxylic acids is 1. The quantitative estimate of drug-likeness (QED) is 0.350. The van der Waals surface area contributed by atoms with Gasteiger partial charge in [0.05, 0.1) is 29.7 Å². The Morgan fingerprint density at radius 3 is 2.32 bits per heavy atom. The first-order valence-corrected chi connectivity index (χ1v) is 14.1. The third-order valence-corrected chi connectivity index (χ3v) is 9.20. The summed E-state index contributed by atoms with van der Waals surface area (Å²) in [7, 11) is 3.84. The Morgan fingerprint density at radius 2 is 1.73 bits per heavy atom. The lowest BCUT2D eigenvalue weighted by atomic mass is 10.0. The van der Waals surface area contributed by atoms with Crippen molar-refractivity contribution in [3.8, 4) is 0 Å². The molecular weight excluding hydrogens is 512 g/mol. The maximum absolute atomic E-state index is 13.8. The van der Waals surface area contributed by atoms with Gasteiger partial charge in [0, 0.05) is 41.2 Å². The van der Waals surface area contributed by atoms with Crippen LogP contribution in [0.1, 0.15) is 44.0 Å². The number of nitrogens with zero attached hydrogens (tertiary/aromatic N) is 3. The van der Waals surface area contributed by atoms with E-state index in [9.17, 15) is 13.6 Å². The van der Waals surface area contributed by atoms with Gasteiger partial charge >= 0.3 is 0 Å². The van der Waals surface area contributed by atoms with Crippen LogP contribution in [0.5, 0.6) is 0 Å². The molecule has 2 heterocycles. The highest BCUT2D eigenvalue weighted by atomic mass is 32.2. The summed E-state index contributed by atoms with van der Waals surface area (Å²) in [6.45, 7) is 8.82. The molecule has 0 saturated carbocycles. The van der Waals surface area contributed by atoms with Crippen molar-refractivity contribution in [3.05, 3.63) is 59.7 Å². The Kier molecular flexibility index (Phi) is 8.89. The predicted molar refractivity (Wildman–Crippen MR) is 150 cm³/mol. The Balaban J connectivity index is 1.59. The van der Waals surface area contributed by atoms with Gasteiger partial charge in [0.2, 0.25) is 0 Å². The van der Waals surface area contributed by atoms with E-state index in [2.05, 4.69) is 37.0 Å². The maximum Gasteiger partial charge on any atom is 0.269 e. The summed E-state index contributed by atoms with van der Waals surface area (Å²) >= 11 is 3.38. The molecule has 2 aromatic carbocycles. The van der Waals surface area contributed by atoms with Gasteiger partial charge in [-0.2, -0.15) is 8.78 Å². The second-order valence-corrected chi connectivity index (χ2v) is 13.0. The van der Waals surface area contributed by atoms with Crippen molar-refractivity contribution in [3.63, 3.8) is 0 Å². The predicted octanol–water partition coefficient (Wildman–Crippen LogP) is 6.94. The Hall–Kier alpha value is -2.07. The van der Waals surface area contributed by atoms with Crippen LogP contribution in [-0.4, -0.2) is 61.4 Å². The zero-order valence-corrected chi connectivity index (χ0v) is 23.7. The molecule has 0 spiro atoms. The monoisotopic (exact) mass is 547 g/mol. The highest BCUT2D eigenvalue weighted by Gasteiger charge is 2.26. The zero-order chi connectivity index (χ0) is 26.7. The van der Waals surface area contributed by atoms with Crippen LogP contribution >= 0.6 is 23.7 Å². The van der Waals surface area contributed by atoms with Crippen molar-refractivity contribution in [2.45, 2.75) is 54.2 Å². The van der Waals surface area contributed by atoms with Gasteiger partial charge in [0.25, 0.3) is 12.0 Å². The fourth-order valence-electron chi connectivity index (χ4n) is 4.05. The number of halogens is 2. The van der Waals surface area contributed by atoms with Crippen LogP contribution in [0.4, 0.5) is 20.2 Å². The van der Waals surface area contributed by atoms with E-state index < -0.39 is 6.08 Å². The smallest absolute Gasteiger partial charge is 0.269 e. The van der Waals surface area contributed by atoms with Crippen LogP contribution < -0.4 is 9.80 Å². The lowest BCUT2D eigenvalue weighted by Crippen LogP contribution is -2.34. The molecule has 9 heteroatoms. The van der Waals surface area contributed by atoms with Crippen LogP contribution in [0, 0.1) is 0 Å². The van der Waals surface area contributed by atoms with Crippen LogP contribution in [0.3, 0.4) is 0 Å². The molecule has 0 aromatic heterocycles. The van der Waals surface area contributed by atoms with Gasteiger partial charge in [0.15, 0.2) is 0 Å². The highest BCUT2D eigenvalue weighted by Crippen LogP contribution is 2.36. The average Bonchev–Trinajstić information content (AvgIpc) is 2.85. The Morgan fingerprint density at radius 1 is 1.03 bits per heavy atom. The van der Waals surface area contributed by atoms with E-state index in [1.807, 2.05) is 42.5 Å². The minimum Gasteiger partial charge on any atom is -0.379 e. The summed E-state index contributed by atoms with van der Waals surface area (Å²) < 4.78 is 33.8. The van der Waals surface area contributed by atoms with E-state index in [1.54, 1.807) is 35.7 Å². The second kappa shape index (κ2) is 11.8. The fourth-order valence-corrected chi connectivity index (χ4v) is 5.99. The van der Waals surface area contributed by atoms with Crippen molar-refractivity contribution in [2.75, 3.05) is 50.2 Å². The first kappa shape index (κ1) is 28.0. The molecule has 0 N–H and O–H groups in total. The number of thioether (sulfide) groups is 1. The molecule has 0 bridgehead atoms. The standard InChI is InChI=1S/C28H35F2N3O2S2/c1-28(2,3)32(5)37-22-8-6-7-20(15-22)31(4)27(34)24-10-9-21(36-23-17-35-18-23)16-25(24)33-13-11-19(12-14-33)26(29)30/h6-10,15-16,23H,11-14,17-18H2,1-5H3. The van der Waals surface area contributed by atoms with Crippen molar-refractivity contribution in [1.29, 1.82) is 0 Å². The van der Waals surface area contributed by atoms with E-state index in [0.717, 1.165) is 34.4 Å². The molecular formula is C28H35F2N3O2S2. The van der Waals surface area contributed by atoms with Crippen molar-refractivity contribution in [2.24, 2.45) is 0 Å². The van der Waals surface area contributed by atoms with Crippen LogP contribution in [-0.2, 0) is 4.74 Å². The van der Waals surface area contributed by atoms with E-state index >= 15 is 0 Å². The molecule has 37 heavy (non-hydrogen) atoms. The summed E-state index contributed by atoms with van der Waals surface area (Å²) in [5.41, 5.74) is 2.40. The molecule has 4 rings (SSSR count). The third kappa shape index (κ3) is 6.88. The van der Waals surface area contributed by atoms with Crippen LogP contribution in [0.2, 0.25) is 0 Å². The van der Waals surface area contributed by atoms with E-state index in [0.29, 0.717) is 36.7 Å². The van der Waals surface area contributed by atoms with Crippen molar-refractivity contribution < 1.29 is 18.3 Å². The lowest BCUT2D eigenvalue weighted by molar-refractivity contribution is 0.0455. The molecule has 0 aliphatic carbocycles. The van der Waals surface area contributed by atoms with Gasteiger partial charge in [-0.3, -0.25) is 4.79 Å². The molecule has 2 aromatic rings. The number of hydrogen-bond acceptors (Lipinski definition) is 6. The first-order chi connectivity index (χ1) is 17.5. The number of anilines is 2. The van der Waals surface area contributed by atoms with Gasteiger partial charge < -0.3 is 14.5 Å². The topological polar surface area (TPSA) is 36.0 Å². The molecule has 200 valence electrons. The summed E-state index contributed by atoms with van der Waals surface area (Å²) in [5.74, 6) is -0.122. The van der Waals surface area contributed by atoms with Gasteiger partial charge in [0.1, 0.15) is 0 Å². The highest BCUT2D eigenvalue weighted by molar-refractivity contribution is 8.00. The fraction of sp³-hybridized carbons (Fsp3) is 0.464. The third-order valence-electron chi connectivity index (χ3n) is 6.78. The molecule has 5 nitrogen and oxygen atoms in total. The molecule has 2 aliphatic heterocycles. The average molecular weight is 548 g/mol. The van der Waals surface area contributed by atoms with E-state index in [1.165, 1.54) is 0 Å². The molecule has 1 amide bonds. The van der Waals surface area contributed by atoms with Gasteiger partial charge in [-0.1, -0.05) is 6.07 Å².